The fraction of sp³-hybridized carbons (Fsp3) is 0.312. The number of hydrogen-bond donors (Lipinski definition) is 3. The zero-order valence-corrected chi connectivity index (χ0v) is 26.8. The minimum atomic E-state index is -1.72. The van der Waals surface area contributed by atoms with Gasteiger partial charge in [0, 0.05) is 22.1 Å². The number of fused-ring (bicyclic) bond motifs is 2. The standard InChI is InChI=1S/C32H28BrClF2N4O5/c1-14-20(34)9-15-8-16(10-22(44-3)26(15)39-14)29(41)38-12-32(43,17-4-5-17)23-11-19-28(45-13-31(19,2)30(37)42)27(40-23)18-6-7-21(35)24(33)25(18)36/h6-11,17,43H,4-5,12-13H2,1-3H3,(H2,37,42)(H,38,41)/t31-,32+/m0/s1. The van der Waals surface area contributed by atoms with E-state index in [0.29, 0.717) is 45.8 Å². The number of primary amides is 1. The molecule has 1 aliphatic carbocycles. The summed E-state index contributed by atoms with van der Waals surface area (Å²) in [7, 11) is 1.47. The Balaban J connectivity index is 1.42. The van der Waals surface area contributed by atoms with E-state index in [2.05, 4.69) is 31.2 Å². The number of nitrogens with zero attached hydrogens (tertiary/aromatic N) is 2. The number of nitrogens with one attached hydrogen (secondary N) is 1. The summed E-state index contributed by atoms with van der Waals surface area (Å²) in [4.78, 5) is 35.2. The molecule has 9 nitrogen and oxygen atoms in total. The smallest absolute Gasteiger partial charge is 0.251 e. The Kier molecular flexibility index (Phi) is 7.73. The van der Waals surface area contributed by atoms with Gasteiger partial charge < -0.3 is 25.6 Å². The summed E-state index contributed by atoms with van der Waals surface area (Å²) in [5.41, 5.74) is 4.37. The number of methoxy groups -OCH3 is 1. The highest BCUT2D eigenvalue weighted by Gasteiger charge is 2.50. The van der Waals surface area contributed by atoms with Crippen LogP contribution in [-0.4, -0.2) is 47.2 Å². The lowest BCUT2D eigenvalue weighted by Crippen LogP contribution is -2.44. The molecule has 2 amide bonds. The largest absolute Gasteiger partial charge is 0.494 e. The van der Waals surface area contributed by atoms with Gasteiger partial charge in [-0.25, -0.2) is 18.7 Å². The van der Waals surface area contributed by atoms with Crippen molar-refractivity contribution in [2.45, 2.75) is 37.7 Å². The number of hydrogen-bond acceptors (Lipinski definition) is 7. The van der Waals surface area contributed by atoms with Crippen molar-refractivity contribution in [2.75, 3.05) is 20.3 Å². The van der Waals surface area contributed by atoms with Crippen LogP contribution in [0, 0.1) is 24.5 Å². The van der Waals surface area contributed by atoms with Crippen LogP contribution in [0.3, 0.4) is 0 Å². The number of amides is 2. The quantitative estimate of drug-likeness (QED) is 0.207. The lowest BCUT2D eigenvalue weighted by atomic mass is 9.81. The van der Waals surface area contributed by atoms with E-state index in [-0.39, 0.29) is 47.3 Å². The van der Waals surface area contributed by atoms with Crippen LogP contribution in [-0.2, 0) is 15.8 Å². The van der Waals surface area contributed by atoms with Crippen LogP contribution < -0.4 is 20.5 Å². The molecule has 2 aromatic carbocycles. The van der Waals surface area contributed by atoms with Gasteiger partial charge in [-0.1, -0.05) is 11.6 Å². The second-order valence-electron chi connectivity index (χ2n) is 11.6. The van der Waals surface area contributed by atoms with E-state index < -0.39 is 38.9 Å². The summed E-state index contributed by atoms with van der Waals surface area (Å²) < 4.78 is 40.5. The van der Waals surface area contributed by atoms with Crippen LogP contribution in [0.4, 0.5) is 8.78 Å². The van der Waals surface area contributed by atoms with Crippen LogP contribution in [0.1, 0.15) is 47.1 Å². The van der Waals surface area contributed by atoms with Crippen molar-refractivity contribution in [1.82, 2.24) is 15.3 Å². The number of halogens is 4. The molecule has 2 atom stereocenters. The molecule has 6 rings (SSSR count). The molecular weight excluding hydrogens is 674 g/mol. The molecule has 1 saturated carbocycles. The number of nitrogens with two attached hydrogens (primary N) is 1. The number of carbonyl (C=O) groups is 2. The third kappa shape index (κ3) is 5.18. The van der Waals surface area contributed by atoms with Gasteiger partial charge in [-0.05, 0) is 84.9 Å². The van der Waals surface area contributed by atoms with Gasteiger partial charge in [0.25, 0.3) is 5.91 Å². The van der Waals surface area contributed by atoms with Crippen LogP contribution in [0.5, 0.6) is 11.5 Å². The minimum absolute atomic E-state index is 0.0324. The van der Waals surface area contributed by atoms with Crippen molar-refractivity contribution in [1.29, 1.82) is 0 Å². The van der Waals surface area contributed by atoms with Gasteiger partial charge in [-0.2, -0.15) is 0 Å². The van der Waals surface area contributed by atoms with Crippen molar-refractivity contribution < 1.29 is 33.0 Å². The second kappa shape index (κ2) is 11.2. The van der Waals surface area contributed by atoms with E-state index >= 15 is 4.39 Å². The fourth-order valence-corrected chi connectivity index (χ4v) is 6.14. The van der Waals surface area contributed by atoms with Crippen molar-refractivity contribution in [3.05, 3.63) is 80.0 Å². The Morgan fingerprint density at radius 1 is 1.24 bits per heavy atom. The Bertz CT molecular complexity index is 1920. The average Bonchev–Trinajstić information content (AvgIpc) is 3.82. The summed E-state index contributed by atoms with van der Waals surface area (Å²) >= 11 is 9.21. The molecule has 0 bridgehead atoms. The lowest BCUT2D eigenvalue weighted by Gasteiger charge is -2.30. The fourth-order valence-electron chi connectivity index (χ4n) is 5.63. The van der Waals surface area contributed by atoms with Crippen molar-refractivity contribution in [3.8, 4) is 22.8 Å². The zero-order chi connectivity index (χ0) is 32.4. The number of carbonyl (C=O) groups excluding carboxylic acids is 2. The maximum atomic E-state index is 15.4. The van der Waals surface area contributed by atoms with Gasteiger partial charge in [0.1, 0.15) is 52.0 Å². The van der Waals surface area contributed by atoms with E-state index in [1.807, 2.05) is 0 Å². The topological polar surface area (TPSA) is 137 Å². The molecule has 2 aliphatic rings. The first-order valence-corrected chi connectivity index (χ1v) is 15.2. The molecule has 0 radical (unpaired) electrons. The average molecular weight is 702 g/mol. The predicted octanol–water partition coefficient (Wildman–Crippen LogP) is 5.47. The minimum Gasteiger partial charge on any atom is -0.494 e. The number of aromatic nitrogens is 2. The van der Waals surface area contributed by atoms with Crippen LogP contribution in [0.15, 0.2) is 40.9 Å². The van der Waals surface area contributed by atoms with Crippen LogP contribution in [0.2, 0.25) is 5.02 Å². The summed E-state index contributed by atoms with van der Waals surface area (Å²) in [6.07, 6.45) is 1.27. The summed E-state index contributed by atoms with van der Waals surface area (Å²) in [5, 5.41) is 16.0. The molecule has 4 aromatic rings. The summed E-state index contributed by atoms with van der Waals surface area (Å²) in [6, 6.07) is 8.66. The molecular formula is C32H28BrClF2N4O5. The number of ether oxygens (including phenoxy) is 2. The Morgan fingerprint density at radius 2 is 1.98 bits per heavy atom. The Hall–Kier alpha value is -3.87. The molecule has 0 unspecified atom stereocenters. The first-order valence-electron chi connectivity index (χ1n) is 14.1. The van der Waals surface area contributed by atoms with Crippen LogP contribution in [0.25, 0.3) is 22.2 Å². The third-order valence-electron chi connectivity index (χ3n) is 8.62. The molecule has 1 aliphatic heterocycles. The Morgan fingerprint density at radius 3 is 2.64 bits per heavy atom. The zero-order valence-electron chi connectivity index (χ0n) is 24.4. The van der Waals surface area contributed by atoms with E-state index in [0.717, 1.165) is 6.07 Å². The predicted molar refractivity (Wildman–Crippen MR) is 166 cm³/mol. The van der Waals surface area contributed by atoms with Crippen molar-refractivity contribution >= 4 is 50.2 Å². The van der Waals surface area contributed by atoms with Gasteiger partial charge in [0.2, 0.25) is 5.91 Å². The first-order chi connectivity index (χ1) is 21.3. The monoisotopic (exact) mass is 700 g/mol. The van der Waals surface area contributed by atoms with Gasteiger partial charge in [-0.3, -0.25) is 9.59 Å². The molecule has 13 heteroatoms. The molecule has 0 saturated heterocycles. The van der Waals surface area contributed by atoms with Gasteiger partial charge in [0.05, 0.1) is 34.5 Å². The van der Waals surface area contributed by atoms with Gasteiger partial charge in [-0.15, -0.1) is 0 Å². The second-order valence-corrected chi connectivity index (χ2v) is 12.8. The lowest BCUT2D eigenvalue weighted by molar-refractivity contribution is -0.123. The highest BCUT2D eigenvalue weighted by molar-refractivity contribution is 9.10. The number of aryl methyl sites for hydroxylation is 1. The third-order valence-corrected chi connectivity index (χ3v) is 9.72. The van der Waals surface area contributed by atoms with Crippen LogP contribution >= 0.6 is 27.5 Å². The number of rotatable bonds is 8. The highest BCUT2D eigenvalue weighted by atomic mass is 79.9. The normalized spacial score (nSPS) is 18.7. The molecule has 2 aromatic heterocycles. The van der Waals surface area contributed by atoms with E-state index in [4.69, 9.17) is 26.8 Å². The molecule has 4 N–H and O–H groups in total. The molecule has 1 fully saturated rings. The van der Waals surface area contributed by atoms with Crippen molar-refractivity contribution in [2.24, 2.45) is 11.7 Å². The molecule has 3 heterocycles. The highest BCUT2D eigenvalue weighted by Crippen LogP contribution is 2.50. The van der Waals surface area contributed by atoms with E-state index in [1.54, 1.807) is 32.0 Å². The maximum absolute atomic E-state index is 15.4. The first kappa shape index (κ1) is 31.1. The van der Waals surface area contributed by atoms with E-state index in [1.165, 1.54) is 19.2 Å². The van der Waals surface area contributed by atoms with Gasteiger partial charge >= 0.3 is 0 Å². The molecule has 45 heavy (non-hydrogen) atoms. The summed E-state index contributed by atoms with van der Waals surface area (Å²) in [5.74, 6) is -2.78. The molecule has 0 spiro atoms. The SMILES string of the molecule is COc1cc(C(=O)NC[C@](O)(c2cc3c(c(-c4ccc(F)c(Br)c4F)n2)OC[C@]3(C)C(N)=O)C2CC2)cc2cc(Cl)c(C)nc12. The summed E-state index contributed by atoms with van der Waals surface area (Å²) in [6.45, 7) is 2.94. The van der Waals surface area contributed by atoms with Gasteiger partial charge in [0.15, 0.2) is 0 Å². The number of aliphatic hydroxyl groups is 1. The van der Waals surface area contributed by atoms with E-state index in [9.17, 15) is 19.1 Å². The molecule has 234 valence electrons. The Labute approximate surface area is 270 Å². The number of pyridine rings is 2. The number of benzene rings is 2. The maximum Gasteiger partial charge on any atom is 0.251 e. The van der Waals surface area contributed by atoms with Crippen molar-refractivity contribution in [3.63, 3.8) is 0 Å².